The van der Waals surface area contributed by atoms with E-state index in [4.69, 9.17) is 4.74 Å². The average Bonchev–Trinajstić information content (AvgIpc) is 3.19. The molecule has 0 saturated heterocycles. The van der Waals surface area contributed by atoms with Gasteiger partial charge < -0.3 is 9.84 Å². The van der Waals surface area contributed by atoms with E-state index in [1.54, 1.807) is 30.3 Å². The van der Waals surface area contributed by atoms with Gasteiger partial charge in [0.2, 0.25) is 5.60 Å². The minimum atomic E-state index is -5.27. The zero-order valence-corrected chi connectivity index (χ0v) is 17.0. The maximum atomic E-state index is 13.9. The Balaban J connectivity index is 1.69. The van der Waals surface area contributed by atoms with Crippen molar-refractivity contribution in [3.05, 3.63) is 89.9 Å². The van der Waals surface area contributed by atoms with Crippen LogP contribution in [0.25, 0.3) is 16.6 Å². The summed E-state index contributed by atoms with van der Waals surface area (Å²) in [5.74, 6) is -2.16. The molecule has 0 radical (unpaired) electrons. The normalized spacial score (nSPS) is 14.2. The van der Waals surface area contributed by atoms with Crippen molar-refractivity contribution in [2.45, 2.75) is 18.0 Å². The molecular formula is C23H15F7N2O2. The summed E-state index contributed by atoms with van der Waals surface area (Å²) in [5, 5.41) is 15.0. The van der Waals surface area contributed by atoms with Crippen LogP contribution in [0.1, 0.15) is 11.1 Å². The van der Waals surface area contributed by atoms with E-state index in [0.29, 0.717) is 23.3 Å². The number of hydrogen-bond acceptors (Lipinski definition) is 3. The second kappa shape index (κ2) is 8.32. The molecular weight excluding hydrogens is 469 g/mol. The Bertz CT molecular complexity index is 1320. The van der Waals surface area contributed by atoms with Gasteiger partial charge in [-0.1, -0.05) is 24.3 Å². The fraction of sp³-hybridized carbons (Fsp3) is 0.174. The number of benzene rings is 3. The van der Waals surface area contributed by atoms with Crippen LogP contribution in [0.5, 0.6) is 5.75 Å². The van der Waals surface area contributed by atoms with Gasteiger partial charge in [-0.15, -0.1) is 0 Å². The van der Waals surface area contributed by atoms with Crippen LogP contribution in [0.15, 0.2) is 72.9 Å². The van der Waals surface area contributed by atoms with Crippen molar-refractivity contribution in [1.29, 1.82) is 0 Å². The number of para-hydroxylation sites is 1. The zero-order chi connectivity index (χ0) is 24.7. The van der Waals surface area contributed by atoms with E-state index < -0.39 is 47.3 Å². The third-order valence-electron chi connectivity index (χ3n) is 5.16. The Morgan fingerprint density at radius 1 is 0.853 bits per heavy atom. The molecule has 1 unspecified atom stereocenters. The molecule has 1 N–H and O–H groups in total. The van der Waals surface area contributed by atoms with Gasteiger partial charge in [0.05, 0.1) is 23.0 Å². The number of alkyl halides is 6. The van der Waals surface area contributed by atoms with Crippen LogP contribution < -0.4 is 4.74 Å². The van der Waals surface area contributed by atoms with Crippen molar-refractivity contribution in [3.8, 4) is 11.4 Å². The second-order valence-corrected chi connectivity index (χ2v) is 7.49. The molecule has 0 saturated carbocycles. The van der Waals surface area contributed by atoms with Gasteiger partial charge in [-0.3, -0.25) is 0 Å². The van der Waals surface area contributed by atoms with Gasteiger partial charge in [-0.2, -0.15) is 31.4 Å². The molecule has 11 heteroatoms. The van der Waals surface area contributed by atoms with E-state index in [1.807, 2.05) is 0 Å². The number of halogens is 7. The third kappa shape index (κ3) is 4.43. The topological polar surface area (TPSA) is 47.3 Å². The largest absolute Gasteiger partial charge is 0.490 e. The monoisotopic (exact) mass is 484 g/mol. The lowest BCUT2D eigenvalue weighted by Crippen LogP contribution is -2.47. The molecule has 1 aromatic heterocycles. The van der Waals surface area contributed by atoms with Crippen molar-refractivity contribution in [1.82, 2.24) is 9.78 Å². The zero-order valence-electron chi connectivity index (χ0n) is 17.0. The van der Waals surface area contributed by atoms with Crippen molar-refractivity contribution < 1.29 is 40.6 Å². The lowest BCUT2D eigenvalue weighted by Gasteiger charge is -2.31. The summed E-state index contributed by atoms with van der Waals surface area (Å²) in [4.78, 5) is 0. The lowest BCUT2D eigenvalue weighted by atomic mass is 9.93. The highest BCUT2D eigenvalue weighted by molar-refractivity contribution is 5.81. The van der Waals surface area contributed by atoms with Crippen LogP contribution in [0.2, 0.25) is 0 Å². The first-order valence-corrected chi connectivity index (χ1v) is 9.72. The van der Waals surface area contributed by atoms with E-state index in [-0.39, 0.29) is 11.5 Å². The number of aliphatic hydroxyl groups is 1. The van der Waals surface area contributed by atoms with Gasteiger partial charge in [-0.05, 0) is 42.0 Å². The number of ether oxygens (including phenoxy) is 1. The fourth-order valence-corrected chi connectivity index (χ4v) is 3.39. The maximum absolute atomic E-state index is 13.9. The molecule has 1 atom stereocenters. The number of hydrogen-bond donors (Lipinski definition) is 1. The van der Waals surface area contributed by atoms with Gasteiger partial charge in [-0.25, -0.2) is 9.07 Å². The Labute approximate surface area is 187 Å². The van der Waals surface area contributed by atoms with E-state index in [9.17, 15) is 35.8 Å². The highest BCUT2D eigenvalue weighted by Gasteiger charge is 2.56. The molecule has 4 aromatic rings. The maximum Gasteiger partial charge on any atom is 0.424 e. The first-order valence-electron chi connectivity index (χ1n) is 9.72. The summed E-state index contributed by atoms with van der Waals surface area (Å²) in [6, 6.07) is 13.2. The summed E-state index contributed by atoms with van der Waals surface area (Å²) in [5.41, 5.74) is -4.53. The number of rotatable bonds is 5. The average molecular weight is 484 g/mol. The standard InChI is InChI=1S/C23H15F7N2O2/c24-17-9-16(22(25,26)27)10-19(11-17)34-13-21(33,23(28,29)30)15-6-7-20-14(8-15)12-31-32(20)18-4-2-1-3-5-18/h1-12,33H,13H2. The van der Waals surface area contributed by atoms with Gasteiger partial charge >= 0.3 is 12.4 Å². The summed E-state index contributed by atoms with van der Waals surface area (Å²) >= 11 is 0. The highest BCUT2D eigenvalue weighted by Crippen LogP contribution is 2.41. The van der Waals surface area contributed by atoms with Crippen LogP contribution >= 0.6 is 0 Å². The quantitative estimate of drug-likeness (QED) is 0.353. The summed E-state index contributed by atoms with van der Waals surface area (Å²) in [7, 11) is 0. The van der Waals surface area contributed by atoms with E-state index in [0.717, 1.165) is 12.1 Å². The summed E-state index contributed by atoms with van der Waals surface area (Å²) in [6.45, 7) is -1.50. The van der Waals surface area contributed by atoms with Gasteiger partial charge in [0.15, 0.2) is 0 Å². The van der Waals surface area contributed by atoms with Gasteiger partial charge in [0.25, 0.3) is 0 Å². The van der Waals surface area contributed by atoms with E-state index >= 15 is 0 Å². The first-order chi connectivity index (χ1) is 15.9. The van der Waals surface area contributed by atoms with Crippen LogP contribution in [-0.2, 0) is 11.8 Å². The molecule has 3 aromatic carbocycles. The van der Waals surface area contributed by atoms with Crippen LogP contribution in [0, 0.1) is 5.82 Å². The molecule has 178 valence electrons. The van der Waals surface area contributed by atoms with Crippen LogP contribution in [-0.4, -0.2) is 27.7 Å². The molecule has 0 aliphatic rings. The van der Waals surface area contributed by atoms with Crippen LogP contribution in [0.4, 0.5) is 30.7 Å². The van der Waals surface area contributed by atoms with E-state index in [1.165, 1.54) is 16.9 Å². The molecule has 0 spiro atoms. The van der Waals surface area contributed by atoms with E-state index in [2.05, 4.69) is 5.10 Å². The Morgan fingerprint density at radius 3 is 2.21 bits per heavy atom. The highest BCUT2D eigenvalue weighted by atomic mass is 19.4. The Morgan fingerprint density at radius 2 is 1.56 bits per heavy atom. The molecule has 1 heterocycles. The van der Waals surface area contributed by atoms with Crippen molar-refractivity contribution in [2.24, 2.45) is 0 Å². The molecule has 0 aliphatic heterocycles. The van der Waals surface area contributed by atoms with Crippen molar-refractivity contribution in [2.75, 3.05) is 6.61 Å². The number of aromatic nitrogens is 2. The number of nitrogens with zero attached hydrogens (tertiary/aromatic N) is 2. The smallest absolute Gasteiger partial charge is 0.424 e. The minimum Gasteiger partial charge on any atom is -0.490 e. The molecule has 4 nitrogen and oxygen atoms in total. The third-order valence-corrected chi connectivity index (χ3v) is 5.16. The lowest BCUT2D eigenvalue weighted by molar-refractivity contribution is -0.275. The van der Waals surface area contributed by atoms with Gasteiger partial charge in [0, 0.05) is 11.5 Å². The predicted octanol–water partition coefficient (Wildman–Crippen LogP) is 6.01. The number of fused-ring (bicyclic) bond motifs is 1. The summed E-state index contributed by atoms with van der Waals surface area (Å²) in [6.07, 6.45) is -8.90. The SMILES string of the molecule is OC(COc1cc(F)cc(C(F)(F)F)c1)(c1ccc2c(cnn2-c2ccccc2)c1)C(F)(F)F. The Kier molecular flexibility index (Phi) is 5.76. The van der Waals surface area contributed by atoms with Crippen molar-refractivity contribution in [3.63, 3.8) is 0 Å². The van der Waals surface area contributed by atoms with Crippen LogP contribution in [0.3, 0.4) is 0 Å². The molecule has 0 fully saturated rings. The molecule has 4 rings (SSSR count). The Hall–Kier alpha value is -3.60. The molecule has 0 bridgehead atoms. The molecule has 0 aliphatic carbocycles. The fourth-order valence-electron chi connectivity index (χ4n) is 3.39. The predicted molar refractivity (Wildman–Crippen MR) is 108 cm³/mol. The first kappa shape index (κ1) is 23.6. The van der Waals surface area contributed by atoms with Crippen molar-refractivity contribution >= 4 is 10.9 Å². The second-order valence-electron chi connectivity index (χ2n) is 7.49. The molecule has 0 amide bonds. The van der Waals surface area contributed by atoms with Gasteiger partial charge in [0.1, 0.15) is 18.2 Å². The molecule has 34 heavy (non-hydrogen) atoms. The summed E-state index contributed by atoms with van der Waals surface area (Å²) < 4.78 is 100. The minimum absolute atomic E-state index is 0.182.